The Morgan fingerprint density at radius 2 is 2.25 bits per heavy atom. The molecule has 0 radical (unpaired) electrons. The third-order valence-electron chi connectivity index (χ3n) is 4.01. The molecule has 0 spiro atoms. The van der Waals surface area contributed by atoms with Crippen LogP contribution < -0.4 is 5.32 Å². The molecular weight excluding hydrogens is 306 g/mol. The molecule has 0 aliphatic carbocycles. The van der Waals surface area contributed by atoms with Crippen molar-refractivity contribution in [3.8, 4) is 0 Å². The predicted octanol–water partition coefficient (Wildman–Crippen LogP) is 1.49. The second-order valence-electron chi connectivity index (χ2n) is 7.13. The van der Waals surface area contributed by atoms with Crippen molar-refractivity contribution in [1.29, 1.82) is 0 Å². The van der Waals surface area contributed by atoms with Gasteiger partial charge in [-0.05, 0) is 32.0 Å². The van der Waals surface area contributed by atoms with Gasteiger partial charge >= 0.3 is 0 Å². The number of furan rings is 1. The Hall–Kier alpha value is -1.37. The van der Waals surface area contributed by atoms with Crippen LogP contribution in [0.4, 0.5) is 0 Å². The van der Waals surface area contributed by atoms with Crippen molar-refractivity contribution in [2.75, 3.05) is 46.4 Å². The summed E-state index contributed by atoms with van der Waals surface area (Å²) in [5.74, 6) is 2.44. The Bertz CT molecular complexity index is 515. The summed E-state index contributed by atoms with van der Waals surface area (Å²) < 4.78 is 11.3. The fourth-order valence-corrected chi connectivity index (χ4v) is 3.01. The van der Waals surface area contributed by atoms with Gasteiger partial charge in [0.2, 0.25) is 5.91 Å². The second-order valence-corrected chi connectivity index (χ2v) is 7.13. The summed E-state index contributed by atoms with van der Waals surface area (Å²) in [7, 11) is 1.92. The molecule has 136 valence electrons. The lowest BCUT2D eigenvalue weighted by Gasteiger charge is -2.34. The van der Waals surface area contributed by atoms with Crippen LogP contribution in [0, 0.1) is 12.8 Å². The Kier molecular flexibility index (Phi) is 7.27. The number of nitrogens with one attached hydrogen (secondary N) is 1. The van der Waals surface area contributed by atoms with Crippen molar-refractivity contribution < 1.29 is 13.9 Å². The van der Waals surface area contributed by atoms with Crippen LogP contribution in [-0.4, -0.2) is 68.2 Å². The maximum Gasteiger partial charge on any atom is 0.234 e. The predicted molar refractivity (Wildman–Crippen MR) is 93.8 cm³/mol. The van der Waals surface area contributed by atoms with E-state index in [0.29, 0.717) is 25.6 Å². The third-order valence-corrected chi connectivity index (χ3v) is 4.01. The smallest absolute Gasteiger partial charge is 0.234 e. The van der Waals surface area contributed by atoms with Gasteiger partial charge in [0.1, 0.15) is 11.5 Å². The van der Waals surface area contributed by atoms with Gasteiger partial charge in [0.15, 0.2) is 0 Å². The zero-order valence-electron chi connectivity index (χ0n) is 15.4. The van der Waals surface area contributed by atoms with Crippen molar-refractivity contribution in [2.24, 2.45) is 5.92 Å². The standard InChI is InChI=1S/C18H31N3O3/c1-14(2)10-21-7-8-23-17(12-21)9-19-18(22)13-20(4)11-16-6-5-15(3)24-16/h5-6,14,17H,7-13H2,1-4H3,(H,19,22). The molecule has 2 rings (SSSR count). The molecule has 1 amide bonds. The van der Waals surface area contributed by atoms with Crippen molar-refractivity contribution in [2.45, 2.75) is 33.4 Å². The van der Waals surface area contributed by atoms with Gasteiger partial charge in [-0.25, -0.2) is 0 Å². The van der Waals surface area contributed by atoms with Gasteiger partial charge in [-0.3, -0.25) is 14.6 Å². The van der Waals surface area contributed by atoms with Crippen molar-refractivity contribution >= 4 is 5.91 Å². The summed E-state index contributed by atoms with van der Waals surface area (Å²) in [5, 5.41) is 2.99. The average molecular weight is 337 g/mol. The van der Waals surface area contributed by atoms with E-state index in [9.17, 15) is 4.79 Å². The largest absolute Gasteiger partial charge is 0.465 e. The molecule has 24 heavy (non-hydrogen) atoms. The first-order chi connectivity index (χ1) is 11.4. The highest BCUT2D eigenvalue weighted by atomic mass is 16.5. The summed E-state index contributed by atoms with van der Waals surface area (Å²) >= 11 is 0. The molecule has 1 aromatic heterocycles. The Balaban J connectivity index is 1.66. The molecule has 1 N–H and O–H groups in total. The molecular formula is C18H31N3O3. The van der Waals surface area contributed by atoms with Crippen molar-refractivity contribution in [1.82, 2.24) is 15.1 Å². The van der Waals surface area contributed by atoms with E-state index < -0.39 is 0 Å². The molecule has 2 heterocycles. The molecule has 1 fully saturated rings. The number of rotatable bonds is 8. The van der Waals surface area contributed by atoms with E-state index >= 15 is 0 Å². The van der Waals surface area contributed by atoms with E-state index in [4.69, 9.17) is 9.15 Å². The van der Waals surface area contributed by atoms with Crippen LogP contribution in [0.15, 0.2) is 16.5 Å². The molecule has 1 saturated heterocycles. The average Bonchev–Trinajstić information content (AvgIpc) is 2.89. The minimum atomic E-state index is 0.0189. The number of carbonyl (C=O) groups excluding carboxylic acids is 1. The lowest BCUT2D eigenvalue weighted by atomic mass is 10.2. The minimum absolute atomic E-state index is 0.0189. The summed E-state index contributed by atoms with van der Waals surface area (Å²) in [5.41, 5.74) is 0. The topological polar surface area (TPSA) is 58.0 Å². The molecule has 0 bridgehead atoms. The van der Waals surface area contributed by atoms with E-state index in [1.54, 1.807) is 0 Å². The van der Waals surface area contributed by atoms with Gasteiger partial charge in [0, 0.05) is 26.2 Å². The van der Waals surface area contributed by atoms with Crippen molar-refractivity contribution in [3.63, 3.8) is 0 Å². The van der Waals surface area contributed by atoms with E-state index in [2.05, 4.69) is 24.1 Å². The molecule has 6 heteroatoms. The van der Waals surface area contributed by atoms with Crippen molar-refractivity contribution in [3.05, 3.63) is 23.7 Å². The summed E-state index contributed by atoms with van der Waals surface area (Å²) in [6.07, 6.45) is 0.0829. The first-order valence-corrected chi connectivity index (χ1v) is 8.77. The monoisotopic (exact) mass is 337 g/mol. The van der Waals surface area contributed by atoms with Crippen LogP contribution in [0.5, 0.6) is 0 Å². The van der Waals surface area contributed by atoms with E-state index in [-0.39, 0.29) is 12.0 Å². The quantitative estimate of drug-likeness (QED) is 0.779. The van der Waals surface area contributed by atoms with Crippen LogP contribution in [0.1, 0.15) is 25.4 Å². The maximum absolute atomic E-state index is 12.1. The highest BCUT2D eigenvalue weighted by Gasteiger charge is 2.21. The summed E-state index contributed by atoms with van der Waals surface area (Å²) in [6, 6.07) is 3.88. The van der Waals surface area contributed by atoms with Gasteiger partial charge in [-0.1, -0.05) is 13.8 Å². The number of morpholine rings is 1. The SMILES string of the molecule is Cc1ccc(CN(C)CC(=O)NCC2CN(CC(C)C)CCO2)o1. The number of ether oxygens (including phenoxy) is 1. The zero-order chi connectivity index (χ0) is 17.5. The summed E-state index contributed by atoms with van der Waals surface area (Å²) in [6.45, 7) is 11.6. The molecule has 1 unspecified atom stereocenters. The first-order valence-electron chi connectivity index (χ1n) is 8.77. The van der Waals surface area contributed by atoms with Crippen LogP contribution in [0.25, 0.3) is 0 Å². The van der Waals surface area contributed by atoms with Crippen LogP contribution in [0.3, 0.4) is 0 Å². The molecule has 6 nitrogen and oxygen atoms in total. The molecule has 0 aromatic carbocycles. The third kappa shape index (κ3) is 6.63. The molecule has 1 aromatic rings. The fraction of sp³-hybridized carbons (Fsp3) is 0.722. The van der Waals surface area contributed by atoms with Crippen LogP contribution in [0.2, 0.25) is 0 Å². The normalized spacial score (nSPS) is 19.2. The number of likely N-dealkylation sites (N-methyl/N-ethyl adjacent to an activating group) is 1. The number of nitrogens with zero attached hydrogens (tertiary/aromatic N) is 2. The second kappa shape index (κ2) is 9.20. The molecule has 1 aliphatic heterocycles. The number of aryl methyl sites for hydroxylation is 1. The van der Waals surface area contributed by atoms with Crippen LogP contribution in [-0.2, 0) is 16.1 Å². The first kappa shape index (κ1) is 19.0. The van der Waals surface area contributed by atoms with E-state index in [1.807, 2.05) is 31.0 Å². The van der Waals surface area contributed by atoms with Gasteiger partial charge in [0.25, 0.3) is 0 Å². The molecule has 0 saturated carbocycles. The molecule has 1 aliphatic rings. The van der Waals surface area contributed by atoms with Gasteiger partial charge in [0.05, 0.1) is 25.8 Å². The number of hydrogen-bond donors (Lipinski definition) is 1. The number of carbonyl (C=O) groups is 1. The highest BCUT2D eigenvalue weighted by molar-refractivity contribution is 5.77. The highest BCUT2D eigenvalue weighted by Crippen LogP contribution is 2.09. The lowest BCUT2D eigenvalue weighted by Crippen LogP contribution is -2.49. The van der Waals surface area contributed by atoms with Gasteiger partial charge in [-0.15, -0.1) is 0 Å². The maximum atomic E-state index is 12.1. The van der Waals surface area contributed by atoms with E-state index in [0.717, 1.165) is 37.8 Å². The minimum Gasteiger partial charge on any atom is -0.465 e. The number of hydrogen-bond acceptors (Lipinski definition) is 5. The lowest BCUT2D eigenvalue weighted by molar-refractivity contribution is -0.123. The van der Waals surface area contributed by atoms with E-state index in [1.165, 1.54) is 0 Å². The Labute approximate surface area is 145 Å². The van der Waals surface area contributed by atoms with Crippen LogP contribution >= 0.6 is 0 Å². The Morgan fingerprint density at radius 3 is 2.92 bits per heavy atom. The Morgan fingerprint density at radius 1 is 1.46 bits per heavy atom. The van der Waals surface area contributed by atoms with Gasteiger partial charge < -0.3 is 14.5 Å². The summed E-state index contributed by atoms with van der Waals surface area (Å²) in [4.78, 5) is 16.5. The zero-order valence-corrected chi connectivity index (χ0v) is 15.4. The van der Waals surface area contributed by atoms with Gasteiger partial charge in [-0.2, -0.15) is 0 Å². The fourth-order valence-electron chi connectivity index (χ4n) is 3.01. The molecule has 1 atom stereocenters. The number of amides is 1.